The van der Waals surface area contributed by atoms with Crippen LogP contribution >= 0.6 is 11.3 Å². The lowest BCUT2D eigenvalue weighted by atomic mass is 9.98. The van der Waals surface area contributed by atoms with E-state index >= 15 is 0 Å². The summed E-state index contributed by atoms with van der Waals surface area (Å²) in [4.78, 5) is 4.63. The summed E-state index contributed by atoms with van der Waals surface area (Å²) in [5, 5.41) is 15.9. The van der Waals surface area contributed by atoms with Gasteiger partial charge in [0.1, 0.15) is 0 Å². The molecular weight excluding hydrogens is 232 g/mol. The van der Waals surface area contributed by atoms with E-state index in [2.05, 4.69) is 50.3 Å². The predicted octanol–water partition coefficient (Wildman–Crippen LogP) is 2.72. The zero-order valence-electron chi connectivity index (χ0n) is 11.4. The second-order valence-corrected chi connectivity index (χ2v) is 6.72. The molecular formula is C13H24N2OS. The highest BCUT2D eigenvalue weighted by molar-refractivity contribution is 7.09. The molecule has 1 rings (SSSR count). The maximum absolute atomic E-state index is 9.41. The zero-order valence-corrected chi connectivity index (χ0v) is 12.3. The molecule has 0 fully saturated rings. The molecule has 1 atom stereocenters. The topological polar surface area (TPSA) is 45.1 Å². The van der Waals surface area contributed by atoms with Gasteiger partial charge in [-0.25, -0.2) is 4.98 Å². The smallest absolute Gasteiger partial charge is 0.0982 e. The first-order valence-electron chi connectivity index (χ1n) is 6.14. The van der Waals surface area contributed by atoms with Crippen LogP contribution in [-0.2, 0) is 5.41 Å². The van der Waals surface area contributed by atoms with Crippen molar-refractivity contribution in [3.8, 4) is 0 Å². The Hall–Kier alpha value is -0.450. The molecule has 3 nitrogen and oxygen atoms in total. The van der Waals surface area contributed by atoms with Gasteiger partial charge in [0.15, 0.2) is 0 Å². The number of rotatable bonds is 5. The standard InChI is InChI=1S/C13H24N2OS/c1-9(2)6-14-10(7-16)11-8-17-12(15-11)13(3,4)5/h8-10,14,16H,6-7H2,1-5H3. The molecule has 0 saturated carbocycles. The van der Waals surface area contributed by atoms with E-state index in [1.807, 2.05) is 0 Å². The minimum absolute atomic E-state index is 0.0373. The molecule has 0 aliphatic carbocycles. The van der Waals surface area contributed by atoms with Crippen LogP contribution in [0.25, 0.3) is 0 Å². The van der Waals surface area contributed by atoms with E-state index < -0.39 is 0 Å². The van der Waals surface area contributed by atoms with Crippen LogP contribution in [0, 0.1) is 5.92 Å². The number of aromatic nitrogens is 1. The molecule has 2 N–H and O–H groups in total. The summed E-state index contributed by atoms with van der Waals surface area (Å²) in [5.41, 5.74) is 1.05. The summed E-state index contributed by atoms with van der Waals surface area (Å²) >= 11 is 1.67. The van der Waals surface area contributed by atoms with Gasteiger partial charge in [0.05, 0.1) is 23.4 Å². The van der Waals surface area contributed by atoms with Gasteiger partial charge in [0, 0.05) is 10.8 Å². The first-order chi connectivity index (χ1) is 7.84. The van der Waals surface area contributed by atoms with Crippen molar-refractivity contribution < 1.29 is 5.11 Å². The Kier molecular flexibility index (Phi) is 5.10. The Morgan fingerprint density at radius 2 is 2.06 bits per heavy atom. The number of nitrogens with one attached hydrogen (secondary N) is 1. The highest BCUT2D eigenvalue weighted by Gasteiger charge is 2.21. The van der Waals surface area contributed by atoms with Crippen LogP contribution in [-0.4, -0.2) is 23.2 Å². The van der Waals surface area contributed by atoms with Crippen molar-refractivity contribution >= 4 is 11.3 Å². The van der Waals surface area contributed by atoms with Crippen LogP contribution in [0.4, 0.5) is 0 Å². The van der Waals surface area contributed by atoms with E-state index in [1.54, 1.807) is 11.3 Å². The molecule has 1 aromatic rings. The molecule has 17 heavy (non-hydrogen) atoms. The fourth-order valence-electron chi connectivity index (χ4n) is 1.43. The van der Waals surface area contributed by atoms with E-state index in [-0.39, 0.29) is 18.1 Å². The molecule has 1 aromatic heterocycles. The largest absolute Gasteiger partial charge is 0.394 e. The summed E-state index contributed by atoms with van der Waals surface area (Å²) in [6, 6.07) is -0.0373. The molecule has 0 radical (unpaired) electrons. The van der Waals surface area contributed by atoms with Gasteiger partial charge >= 0.3 is 0 Å². The lowest BCUT2D eigenvalue weighted by molar-refractivity contribution is 0.238. The van der Waals surface area contributed by atoms with Gasteiger partial charge in [0.2, 0.25) is 0 Å². The number of aliphatic hydroxyl groups is 1. The quantitative estimate of drug-likeness (QED) is 0.851. The molecule has 1 heterocycles. The minimum Gasteiger partial charge on any atom is -0.394 e. The Balaban J connectivity index is 2.72. The molecule has 0 aliphatic rings. The van der Waals surface area contributed by atoms with Crippen LogP contribution in [0.5, 0.6) is 0 Å². The molecule has 0 amide bonds. The maximum atomic E-state index is 9.41. The Labute approximate surface area is 108 Å². The Bertz CT molecular complexity index is 341. The van der Waals surface area contributed by atoms with Crippen molar-refractivity contribution in [2.45, 2.75) is 46.1 Å². The normalized spacial score (nSPS) is 14.3. The molecule has 4 heteroatoms. The average molecular weight is 256 g/mol. The SMILES string of the molecule is CC(C)CNC(CO)c1csc(C(C)(C)C)n1. The zero-order chi connectivity index (χ0) is 13.1. The van der Waals surface area contributed by atoms with Gasteiger partial charge in [-0.15, -0.1) is 11.3 Å². The molecule has 0 bridgehead atoms. The van der Waals surface area contributed by atoms with Gasteiger partial charge in [0.25, 0.3) is 0 Å². The van der Waals surface area contributed by atoms with E-state index in [4.69, 9.17) is 0 Å². The van der Waals surface area contributed by atoms with Gasteiger partial charge in [-0.05, 0) is 12.5 Å². The molecule has 98 valence electrons. The third-order valence-corrected chi connectivity index (χ3v) is 3.76. The van der Waals surface area contributed by atoms with E-state index in [0.29, 0.717) is 5.92 Å². The number of hydrogen-bond donors (Lipinski definition) is 2. The van der Waals surface area contributed by atoms with Crippen molar-refractivity contribution in [2.75, 3.05) is 13.2 Å². The lowest BCUT2D eigenvalue weighted by Gasteiger charge is -2.17. The van der Waals surface area contributed by atoms with Crippen molar-refractivity contribution in [1.82, 2.24) is 10.3 Å². The number of aliphatic hydroxyl groups excluding tert-OH is 1. The van der Waals surface area contributed by atoms with Crippen LogP contribution in [0.2, 0.25) is 0 Å². The van der Waals surface area contributed by atoms with E-state index in [1.165, 1.54) is 0 Å². The highest BCUT2D eigenvalue weighted by atomic mass is 32.1. The highest BCUT2D eigenvalue weighted by Crippen LogP contribution is 2.27. The first kappa shape index (κ1) is 14.6. The summed E-state index contributed by atoms with van der Waals surface area (Å²) < 4.78 is 0. The number of thiazole rings is 1. The first-order valence-corrected chi connectivity index (χ1v) is 7.02. The summed E-state index contributed by atoms with van der Waals surface area (Å²) in [6.07, 6.45) is 0. The van der Waals surface area contributed by atoms with Crippen molar-refractivity contribution in [2.24, 2.45) is 5.92 Å². The van der Waals surface area contributed by atoms with Crippen LogP contribution in [0.3, 0.4) is 0 Å². The van der Waals surface area contributed by atoms with E-state index in [0.717, 1.165) is 17.2 Å². The second-order valence-electron chi connectivity index (χ2n) is 5.86. The monoisotopic (exact) mass is 256 g/mol. The van der Waals surface area contributed by atoms with Crippen molar-refractivity contribution in [3.05, 3.63) is 16.1 Å². The fraction of sp³-hybridized carbons (Fsp3) is 0.769. The lowest BCUT2D eigenvalue weighted by Crippen LogP contribution is -2.28. The number of hydrogen-bond acceptors (Lipinski definition) is 4. The summed E-state index contributed by atoms with van der Waals surface area (Å²) in [6.45, 7) is 11.8. The van der Waals surface area contributed by atoms with Gasteiger partial charge in [-0.3, -0.25) is 0 Å². The molecule has 0 aliphatic heterocycles. The second kappa shape index (κ2) is 5.94. The third-order valence-electron chi connectivity index (χ3n) is 2.48. The Morgan fingerprint density at radius 3 is 2.47 bits per heavy atom. The summed E-state index contributed by atoms with van der Waals surface area (Å²) in [5.74, 6) is 0.574. The van der Waals surface area contributed by atoms with Gasteiger partial charge in [-0.1, -0.05) is 34.6 Å². The predicted molar refractivity (Wildman–Crippen MR) is 73.5 cm³/mol. The van der Waals surface area contributed by atoms with Gasteiger partial charge < -0.3 is 10.4 Å². The molecule has 0 saturated heterocycles. The van der Waals surface area contributed by atoms with Gasteiger partial charge in [-0.2, -0.15) is 0 Å². The van der Waals surface area contributed by atoms with Crippen molar-refractivity contribution in [1.29, 1.82) is 0 Å². The molecule has 1 unspecified atom stereocenters. The average Bonchev–Trinajstić information content (AvgIpc) is 2.67. The molecule has 0 aromatic carbocycles. The minimum atomic E-state index is -0.0373. The maximum Gasteiger partial charge on any atom is 0.0982 e. The molecule has 0 spiro atoms. The fourth-order valence-corrected chi connectivity index (χ4v) is 2.39. The third kappa shape index (κ3) is 4.37. The number of nitrogens with zero attached hydrogens (tertiary/aromatic N) is 1. The van der Waals surface area contributed by atoms with Crippen LogP contribution in [0.1, 0.15) is 51.4 Å². The van der Waals surface area contributed by atoms with E-state index in [9.17, 15) is 5.11 Å². The van der Waals surface area contributed by atoms with Crippen LogP contribution in [0.15, 0.2) is 5.38 Å². The Morgan fingerprint density at radius 1 is 1.41 bits per heavy atom. The summed E-state index contributed by atoms with van der Waals surface area (Å²) in [7, 11) is 0. The van der Waals surface area contributed by atoms with Crippen molar-refractivity contribution in [3.63, 3.8) is 0 Å². The van der Waals surface area contributed by atoms with Crippen LogP contribution < -0.4 is 5.32 Å².